The minimum Gasteiger partial charge on any atom is -0.146 e. The third-order valence-corrected chi connectivity index (χ3v) is 5.41. The number of alkyl halides is 1. The van der Waals surface area contributed by atoms with Gasteiger partial charge in [0.05, 0.1) is 14.9 Å². The Morgan fingerprint density at radius 3 is 2.47 bits per heavy atom. The van der Waals surface area contributed by atoms with E-state index < -0.39 is 0 Å². The normalized spacial score (nSPS) is 12.8. The molecule has 0 spiro atoms. The Kier molecular flexibility index (Phi) is 4.19. The summed E-state index contributed by atoms with van der Waals surface area (Å²) < 4.78 is 0. The van der Waals surface area contributed by atoms with Crippen LogP contribution in [-0.2, 0) is 0 Å². The fraction of sp³-hybridized carbons (Fsp3) is 0.231. The molecular formula is C13H11BrCl2S. The maximum atomic E-state index is 6.24. The first-order chi connectivity index (χ1) is 8.00. The first kappa shape index (κ1) is 13.4. The highest BCUT2D eigenvalue weighted by atomic mass is 79.9. The summed E-state index contributed by atoms with van der Waals surface area (Å²) in [6.07, 6.45) is 0. The van der Waals surface area contributed by atoms with Crippen LogP contribution in [0.15, 0.2) is 24.3 Å². The number of aryl methyl sites for hydroxylation is 2. The highest BCUT2D eigenvalue weighted by Gasteiger charge is 2.18. The van der Waals surface area contributed by atoms with Gasteiger partial charge in [0.1, 0.15) is 0 Å². The van der Waals surface area contributed by atoms with Gasteiger partial charge < -0.3 is 0 Å². The standard InChI is InChI=1S/C13H11BrCl2S/c1-7-6-10(8(2)17-7)12(14)9-4-3-5-11(15)13(9)16/h3-6,12H,1-2H3. The quantitative estimate of drug-likeness (QED) is 0.570. The number of halogens is 3. The molecule has 1 aromatic carbocycles. The SMILES string of the molecule is Cc1cc(C(Br)c2cccc(Cl)c2Cl)c(C)s1. The van der Waals surface area contributed by atoms with Crippen molar-refractivity contribution in [3.05, 3.63) is 55.2 Å². The molecule has 1 atom stereocenters. The molecule has 0 aliphatic carbocycles. The first-order valence-corrected chi connectivity index (χ1v) is 7.64. The van der Waals surface area contributed by atoms with Gasteiger partial charge in [0.25, 0.3) is 0 Å². The van der Waals surface area contributed by atoms with Crippen LogP contribution in [0.4, 0.5) is 0 Å². The average Bonchev–Trinajstić information content (AvgIpc) is 2.61. The van der Waals surface area contributed by atoms with Crippen molar-refractivity contribution in [1.29, 1.82) is 0 Å². The van der Waals surface area contributed by atoms with Crippen LogP contribution in [0, 0.1) is 13.8 Å². The van der Waals surface area contributed by atoms with Gasteiger partial charge >= 0.3 is 0 Å². The molecule has 2 aromatic rings. The van der Waals surface area contributed by atoms with Crippen molar-refractivity contribution in [1.82, 2.24) is 0 Å². The summed E-state index contributed by atoms with van der Waals surface area (Å²) in [4.78, 5) is 2.71. The smallest absolute Gasteiger partial charge is 0.0670 e. The molecule has 0 aliphatic rings. The van der Waals surface area contributed by atoms with Crippen LogP contribution < -0.4 is 0 Å². The van der Waals surface area contributed by atoms with Crippen molar-refractivity contribution in [2.45, 2.75) is 18.7 Å². The fourth-order valence-electron chi connectivity index (χ4n) is 1.79. The molecule has 0 fully saturated rings. The molecule has 17 heavy (non-hydrogen) atoms. The summed E-state index contributed by atoms with van der Waals surface area (Å²) in [5.74, 6) is 0. The van der Waals surface area contributed by atoms with Gasteiger partial charge in [-0.1, -0.05) is 51.3 Å². The molecule has 1 unspecified atom stereocenters. The van der Waals surface area contributed by atoms with Crippen molar-refractivity contribution in [3.8, 4) is 0 Å². The Morgan fingerprint density at radius 1 is 1.18 bits per heavy atom. The van der Waals surface area contributed by atoms with Crippen LogP contribution in [-0.4, -0.2) is 0 Å². The van der Waals surface area contributed by atoms with Crippen LogP contribution in [0.1, 0.15) is 25.7 Å². The van der Waals surface area contributed by atoms with Gasteiger partial charge in [-0.2, -0.15) is 0 Å². The van der Waals surface area contributed by atoms with Crippen LogP contribution >= 0.6 is 50.5 Å². The first-order valence-electron chi connectivity index (χ1n) is 5.15. The second-order valence-corrected chi connectivity index (χ2v) is 7.04. The van der Waals surface area contributed by atoms with Crippen molar-refractivity contribution in [3.63, 3.8) is 0 Å². The van der Waals surface area contributed by atoms with E-state index >= 15 is 0 Å². The van der Waals surface area contributed by atoms with Crippen LogP contribution in [0.3, 0.4) is 0 Å². The van der Waals surface area contributed by atoms with Crippen molar-refractivity contribution < 1.29 is 0 Å². The number of rotatable bonds is 2. The van der Waals surface area contributed by atoms with E-state index in [0.29, 0.717) is 10.0 Å². The molecule has 0 N–H and O–H groups in total. The van der Waals surface area contributed by atoms with Gasteiger partial charge in [0.2, 0.25) is 0 Å². The molecule has 1 aromatic heterocycles. The van der Waals surface area contributed by atoms with Crippen molar-refractivity contribution in [2.75, 3.05) is 0 Å². The fourth-order valence-corrected chi connectivity index (χ4v) is 4.31. The Hall–Kier alpha value is -0.0200. The minimum atomic E-state index is 0.0960. The Bertz CT molecular complexity index is 548. The lowest BCUT2D eigenvalue weighted by atomic mass is 10.1. The van der Waals surface area contributed by atoms with Gasteiger partial charge in [-0.3, -0.25) is 0 Å². The molecule has 0 amide bonds. The highest BCUT2D eigenvalue weighted by Crippen LogP contribution is 2.41. The minimum absolute atomic E-state index is 0.0960. The second kappa shape index (κ2) is 5.31. The van der Waals surface area contributed by atoms with E-state index in [1.54, 1.807) is 17.4 Å². The Balaban J connectivity index is 2.47. The third-order valence-electron chi connectivity index (χ3n) is 2.61. The number of benzene rings is 1. The molecule has 0 saturated heterocycles. The predicted octanol–water partition coefficient (Wildman–Crippen LogP) is 6.16. The number of thiophene rings is 1. The van der Waals surface area contributed by atoms with Crippen LogP contribution in [0.5, 0.6) is 0 Å². The molecule has 0 aliphatic heterocycles. The van der Waals surface area contributed by atoms with E-state index in [0.717, 1.165) is 5.56 Å². The van der Waals surface area contributed by atoms with E-state index in [-0.39, 0.29) is 4.83 Å². The van der Waals surface area contributed by atoms with E-state index in [4.69, 9.17) is 23.2 Å². The molecule has 1 heterocycles. The summed E-state index contributed by atoms with van der Waals surface area (Å²) in [5.41, 5.74) is 2.27. The van der Waals surface area contributed by atoms with Gasteiger partial charge in [0, 0.05) is 9.75 Å². The lowest BCUT2D eigenvalue weighted by Crippen LogP contribution is -1.94. The van der Waals surface area contributed by atoms with E-state index in [2.05, 4.69) is 35.8 Å². The number of hydrogen-bond acceptors (Lipinski definition) is 1. The zero-order valence-corrected chi connectivity index (χ0v) is 13.3. The lowest BCUT2D eigenvalue weighted by molar-refractivity contribution is 1.17. The molecule has 0 saturated carbocycles. The monoisotopic (exact) mass is 348 g/mol. The Morgan fingerprint density at radius 2 is 1.88 bits per heavy atom. The largest absolute Gasteiger partial charge is 0.146 e. The van der Waals surface area contributed by atoms with Crippen LogP contribution in [0.25, 0.3) is 0 Å². The summed E-state index contributed by atoms with van der Waals surface area (Å²) >= 11 is 17.8. The van der Waals surface area contributed by atoms with Gasteiger partial charge in [-0.05, 0) is 37.1 Å². The molecular weight excluding hydrogens is 339 g/mol. The van der Waals surface area contributed by atoms with Crippen LogP contribution in [0.2, 0.25) is 10.0 Å². The van der Waals surface area contributed by atoms with Gasteiger partial charge in [-0.15, -0.1) is 11.3 Å². The van der Waals surface area contributed by atoms with Gasteiger partial charge in [-0.25, -0.2) is 0 Å². The zero-order chi connectivity index (χ0) is 12.6. The maximum Gasteiger partial charge on any atom is 0.0670 e. The number of hydrogen-bond donors (Lipinski definition) is 0. The summed E-state index contributed by atoms with van der Waals surface area (Å²) in [5, 5.41) is 1.22. The molecule has 2 rings (SSSR count). The van der Waals surface area contributed by atoms with Crippen molar-refractivity contribution in [2.24, 2.45) is 0 Å². The van der Waals surface area contributed by atoms with E-state index in [9.17, 15) is 0 Å². The molecule has 0 bridgehead atoms. The Labute approximate surface area is 124 Å². The second-order valence-electron chi connectivity index (χ2n) is 3.87. The summed E-state index contributed by atoms with van der Waals surface area (Å²) in [6.45, 7) is 4.24. The van der Waals surface area contributed by atoms with Gasteiger partial charge in [0.15, 0.2) is 0 Å². The van der Waals surface area contributed by atoms with E-state index in [1.807, 2.05) is 12.1 Å². The lowest BCUT2D eigenvalue weighted by Gasteiger charge is -2.12. The summed E-state index contributed by atoms with van der Waals surface area (Å²) in [7, 11) is 0. The molecule has 0 radical (unpaired) electrons. The highest BCUT2D eigenvalue weighted by molar-refractivity contribution is 9.09. The van der Waals surface area contributed by atoms with Crippen molar-refractivity contribution >= 4 is 50.5 Å². The zero-order valence-electron chi connectivity index (χ0n) is 9.43. The predicted molar refractivity (Wildman–Crippen MR) is 81.0 cm³/mol. The van der Waals surface area contributed by atoms with E-state index in [1.165, 1.54) is 15.3 Å². The third kappa shape index (κ3) is 2.70. The topological polar surface area (TPSA) is 0 Å². The average molecular weight is 350 g/mol. The molecule has 4 heteroatoms. The maximum absolute atomic E-state index is 6.24. The molecule has 0 nitrogen and oxygen atoms in total. The summed E-state index contributed by atoms with van der Waals surface area (Å²) in [6, 6.07) is 7.92. The molecule has 90 valence electrons.